The van der Waals surface area contributed by atoms with E-state index in [9.17, 15) is 4.79 Å². The Bertz CT molecular complexity index is 536. The van der Waals surface area contributed by atoms with E-state index in [1.165, 1.54) is 0 Å². The van der Waals surface area contributed by atoms with Gasteiger partial charge in [0.1, 0.15) is 6.61 Å². The van der Waals surface area contributed by atoms with Crippen molar-refractivity contribution >= 4 is 5.91 Å². The molecule has 1 amide bonds. The number of ether oxygens (including phenoxy) is 1. The molecule has 1 aliphatic heterocycles. The molecule has 1 atom stereocenters. The SMILES string of the molecule is Cc1cc(C(=O)NC2CCCOC2)ccc1C#CCO. The molecule has 20 heavy (non-hydrogen) atoms. The van der Waals surface area contributed by atoms with E-state index in [-0.39, 0.29) is 18.6 Å². The second kappa shape index (κ2) is 7.09. The fraction of sp³-hybridized carbons (Fsp3) is 0.438. The monoisotopic (exact) mass is 273 g/mol. The van der Waals surface area contributed by atoms with Crippen LogP contribution in [0.25, 0.3) is 0 Å². The first-order valence-electron chi connectivity index (χ1n) is 6.79. The van der Waals surface area contributed by atoms with E-state index >= 15 is 0 Å². The van der Waals surface area contributed by atoms with Crippen LogP contribution in [-0.4, -0.2) is 36.9 Å². The van der Waals surface area contributed by atoms with Gasteiger partial charge in [0.2, 0.25) is 0 Å². The molecule has 1 aliphatic rings. The van der Waals surface area contributed by atoms with Gasteiger partial charge in [-0.1, -0.05) is 11.8 Å². The largest absolute Gasteiger partial charge is 0.384 e. The lowest BCUT2D eigenvalue weighted by atomic mass is 10.0. The first-order valence-corrected chi connectivity index (χ1v) is 6.79. The van der Waals surface area contributed by atoms with Crippen molar-refractivity contribution in [3.05, 3.63) is 34.9 Å². The van der Waals surface area contributed by atoms with E-state index in [0.29, 0.717) is 12.2 Å². The lowest BCUT2D eigenvalue weighted by molar-refractivity contribution is 0.0624. The molecule has 1 aromatic rings. The van der Waals surface area contributed by atoms with E-state index in [0.717, 1.165) is 30.6 Å². The van der Waals surface area contributed by atoms with Gasteiger partial charge in [0.05, 0.1) is 12.6 Å². The highest BCUT2D eigenvalue weighted by Gasteiger charge is 2.17. The lowest BCUT2D eigenvalue weighted by Gasteiger charge is -2.23. The van der Waals surface area contributed by atoms with Crippen LogP contribution in [0.1, 0.15) is 34.3 Å². The van der Waals surface area contributed by atoms with Crippen molar-refractivity contribution in [2.75, 3.05) is 19.8 Å². The van der Waals surface area contributed by atoms with Crippen molar-refractivity contribution in [2.45, 2.75) is 25.8 Å². The third-order valence-electron chi connectivity index (χ3n) is 3.29. The summed E-state index contributed by atoms with van der Waals surface area (Å²) in [6.07, 6.45) is 1.95. The Labute approximate surface area is 119 Å². The second-order valence-corrected chi connectivity index (χ2v) is 4.88. The Balaban J connectivity index is 2.04. The van der Waals surface area contributed by atoms with Gasteiger partial charge in [-0.25, -0.2) is 0 Å². The average Bonchev–Trinajstić information content (AvgIpc) is 2.47. The summed E-state index contributed by atoms with van der Waals surface area (Å²) in [5.41, 5.74) is 2.39. The number of aliphatic hydroxyl groups excluding tert-OH is 1. The molecular formula is C16H19NO3. The normalized spacial score (nSPS) is 18.0. The van der Waals surface area contributed by atoms with Crippen molar-refractivity contribution in [1.29, 1.82) is 0 Å². The summed E-state index contributed by atoms with van der Waals surface area (Å²) in [5, 5.41) is 11.7. The third kappa shape index (κ3) is 3.83. The number of amides is 1. The van der Waals surface area contributed by atoms with Crippen molar-refractivity contribution < 1.29 is 14.6 Å². The maximum atomic E-state index is 12.1. The van der Waals surface area contributed by atoms with Crippen molar-refractivity contribution in [3.63, 3.8) is 0 Å². The predicted octanol–water partition coefficient (Wildman–Crippen LogP) is 1.25. The van der Waals surface area contributed by atoms with Gasteiger partial charge in [0.25, 0.3) is 5.91 Å². The van der Waals surface area contributed by atoms with Crippen LogP contribution in [0.3, 0.4) is 0 Å². The number of nitrogens with one attached hydrogen (secondary N) is 1. The number of carbonyl (C=O) groups is 1. The molecule has 0 bridgehead atoms. The molecule has 1 fully saturated rings. The Kier molecular flexibility index (Phi) is 5.16. The number of benzene rings is 1. The molecule has 1 aromatic carbocycles. The molecule has 1 unspecified atom stereocenters. The molecule has 4 nitrogen and oxygen atoms in total. The first kappa shape index (κ1) is 14.6. The van der Waals surface area contributed by atoms with Gasteiger partial charge < -0.3 is 15.2 Å². The van der Waals surface area contributed by atoms with Gasteiger partial charge in [-0.05, 0) is 43.5 Å². The minimum Gasteiger partial charge on any atom is -0.384 e. The van der Waals surface area contributed by atoms with Gasteiger partial charge in [-0.2, -0.15) is 0 Å². The van der Waals surface area contributed by atoms with Gasteiger partial charge in [0, 0.05) is 17.7 Å². The number of hydrogen-bond acceptors (Lipinski definition) is 3. The zero-order valence-electron chi connectivity index (χ0n) is 11.6. The number of hydrogen-bond donors (Lipinski definition) is 2. The Hall–Kier alpha value is -1.83. The van der Waals surface area contributed by atoms with Crippen LogP contribution in [0, 0.1) is 18.8 Å². The fourth-order valence-electron chi connectivity index (χ4n) is 2.20. The van der Waals surface area contributed by atoms with Gasteiger partial charge in [0.15, 0.2) is 0 Å². The molecule has 0 radical (unpaired) electrons. The molecule has 0 spiro atoms. The maximum absolute atomic E-state index is 12.1. The van der Waals surface area contributed by atoms with E-state index < -0.39 is 0 Å². The Morgan fingerprint density at radius 3 is 3.05 bits per heavy atom. The van der Waals surface area contributed by atoms with Gasteiger partial charge in [-0.3, -0.25) is 4.79 Å². The summed E-state index contributed by atoms with van der Waals surface area (Å²) in [4.78, 5) is 12.1. The number of aliphatic hydroxyl groups is 1. The van der Waals surface area contributed by atoms with Crippen LogP contribution in [0.4, 0.5) is 0 Å². The summed E-state index contributed by atoms with van der Waals surface area (Å²) in [6, 6.07) is 5.49. The van der Waals surface area contributed by atoms with Crippen LogP contribution in [0.15, 0.2) is 18.2 Å². The Morgan fingerprint density at radius 2 is 2.40 bits per heavy atom. The summed E-state index contributed by atoms with van der Waals surface area (Å²) >= 11 is 0. The minimum absolute atomic E-state index is 0.0785. The first-order chi connectivity index (χ1) is 9.70. The fourth-order valence-corrected chi connectivity index (χ4v) is 2.20. The van der Waals surface area contributed by atoms with Crippen LogP contribution >= 0.6 is 0 Å². The molecule has 2 rings (SSSR count). The summed E-state index contributed by atoms with van der Waals surface area (Å²) in [6.45, 7) is 3.11. The molecule has 0 aromatic heterocycles. The minimum atomic E-state index is -0.163. The molecule has 106 valence electrons. The van der Waals surface area contributed by atoms with Crippen molar-refractivity contribution in [3.8, 4) is 11.8 Å². The molecule has 2 N–H and O–H groups in total. The van der Waals surface area contributed by atoms with E-state index in [1.807, 2.05) is 19.1 Å². The number of carbonyl (C=O) groups excluding carboxylic acids is 1. The standard InChI is InChI=1S/C16H19NO3/c1-12-10-14(7-6-13(12)4-2-8-18)16(19)17-15-5-3-9-20-11-15/h6-7,10,15,18H,3,5,8-9,11H2,1H3,(H,17,19). The lowest BCUT2D eigenvalue weighted by Crippen LogP contribution is -2.40. The van der Waals surface area contributed by atoms with E-state index in [4.69, 9.17) is 9.84 Å². The summed E-state index contributed by atoms with van der Waals surface area (Å²) in [7, 11) is 0. The van der Waals surface area contributed by atoms with Crippen LogP contribution in [-0.2, 0) is 4.74 Å². The predicted molar refractivity (Wildman–Crippen MR) is 76.5 cm³/mol. The topological polar surface area (TPSA) is 58.6 Å². The molecule has 0 saturated carbocycles. The van der Waals surface area contributed by atoms with Crippen LogP contribution in [0.2, 0.25) is 0 Å². The zero-order chi connectivity index (χ0) is 14.4. The molecule has 1 heterocycles. The summed E-state index contributed by atoms with van der Waals surface area (Å²) < 4.78 is 5.35. The quantitative estimate of drug-likeness (QED) is 0.797. The highest BCUT2D eigenvalue weighted by atomic mass is 16.5. The maximum Gasteiger partial charge on any atom is 0.251 e. The molecule has 1 saturated heterocycles. The van der Waals surface area contributed by atoms with Gasteiger partial charge in [-0.15, -0.1) is 0 Å². The van der Waals surface area contributed by atoms with Crippen molar-refractivity contribution in [1.82, 2.24) is 5.32 Å². The zero-order valence-corrected chi connectivity index (χ0v) is 11.6. The highest BCUT2D eigenvalue weighted by molar-refractivity contribution is 5.94. The second-order valence-electron chi connectivity index (χ2n) is 4.88. The highest BCUT2D eigenvalue weighted by Crippen LogP contribution is 2.12. The van der Waals surface area contributed by atoms with E-state index in [1.54, 1.807) is 6.07 Å². The molecule has 4 heteroatoms. The smallest absolute Gasteiger partial charge is 0.251 e. The van der Waals surface area contributed by atoms with Crippen LogP contribution in [0.5, 0.6) is 0 Å². The van der Waals surface area contributed by atoms with Crippen molar-refractivity contribution in [2.24, 2.45) is 0 Å². The molecule has 0 aliphatic carbocycles. The Morgan fingerprint density at radius 1 is 1.55 bits per heavy atom. The van der Waals surface area contributed by atoms with Gasteiger partial charge >= 0.3 is 0 Å². The van der Waals surface area contributed by atoms with Crippen LogP contribution < -0.4 is 5.32 Å². The number of rotatable bonds is 2. The average molecular weight is 273 g/mol. The third-order valence-corrected chi connectivity index (χ3v) is 3.29. The van der Waals surface area contributed by atoms with E-state index in [2.05, 4.69) is 17.2 Å². The molecular weight excluding hydrogens is 254 g/mol. The number of aryl methyl sites for hydroxylation is 1. The summed E-state index contributed by atoms with van der Waals surface area (Å²) in [5.74, 6) is 5.39.